The van der Waals surface area contributed by atoms with E-state index in [1.807, 2.05) is 9.80 Å². The van der Waals surface area contributed by atoms with Crippen LogP contribution in [0.2, 0.25) is 0 Å². The molecule has 1 fully saturated rings. The summed E-state index contributed by atoms with van der Waals surface area (Å²) in [4.78, 5) is 8.04. The van der Waals surface area contributed by atoms with Gasteiger partial charge in [0.25, 0.3) is 0 Å². The van der Waals surface area contributed by atoms with Crippen molar-refractivity contribution in [3.63, 3.8) is 0 Å². The van der Waals surface area contributed by atoms with Crippen LogP contribution in [0.25, 0.3) is 0 Å². The fourth-order valence-electron chi connectivity index (χ4n) is 2.75. The number of nitrogens with zero attached hydrogens (tertiary/aromatic N) is 3. The van der Waals surface area contributed by atoms with E-state index in [2.05, 4.69) is 10.3 Å². The number of aliphatic imine (C=N–C) groups is 1. The predicted molar refractivity (Wildman–Crippen MR) is 95.8 cm³/mol. The quantitative estimate of drug-likeness (QED) is 0.475. The first kappa shape index (κ1) is 19.4. The Morgan fingerprint density at radius 2 is 1.92 bits per heavy atom. The van der Waals surface area contributed by atoms with Gasteiger partial charge in [-0.25, -0.2) is 17.2 Å². The Morgan fingerprint density at radius 3 is 2.52 bits per heavy atom. The van der Waals surface area contributed by atoms with Crippen LogP contribution >= 0.6 is 0 Å². The maximum atomic E-state index is 13.9. The van der Waals surface area contributed by atoms with Crippen molar-refractivity contribution in [2.75, 3.05) is 56.7 Å². The Bertz CT molecular complexity index is 717. The molecule has 1 aliphatic rings. The van der Waals surface area contributed by atoms with Crippen molar-refractivity contribution in [1.82, 2.24) is 10.2 Å². The van der Waals surface area contributed by atoms with E-state index in [4.69, 9.17) is 0 Å². The van der Waals surface area contributed by atoms with Gasteiger partial charge in [0.2, 0.25) is 0 Å². The summed E-state index contributed by atoms with van der Waals surface area (Å²) >= 11 is 0. The Hall–Kier alpha value is -1.90. The molecule has 1 aliphatic heterocycles. The first-order chi connectivity index (χ1) is 11.8. The van der Waals surface area contributed by atoms with Crippen molar-refractivity contribution in [1.29, 1.82) is 0 Å². The lowest BCUT2D eigenvalue weighted by Crippen LogP contribution is -2.53. The second-order valence-electron chi connectivity index (χ2n) is 6.03. The molecule has 2 rings (SSSR count). The van der Waals surface area contributed by atoms with Gasteiger partial charge in [-0.05, 0) is 18.6 Å². The van der Waals surface area contributed by atoms with E-state index in [1.54, 1.807) is 7.05 Å². The Labute approximate surface area is 147 Å². The van der Waals surface area contributed by atoms with Crippen molar-refractivity contribution < 1.29 is 17.2 Å². The Balaban J connectivity index is 1.86. The fraction of sp³-hybridized carbons (Fsp3) is 0.562. The smallest absolute Gasteiger partial charge is 0.193 e. The van der Waals surface area contributed by atoms with Gasteiger partial charge in [-0.15, -0.1) is 0 Å². The minimum Gasteiger partial charge on any atom is -0.366 e. The monoisotopic (exact) mass is 374 g/mol. The number of rotatable bonds is 5. The van der Waals surface area contributed by atoms with E-state index in [-0.39, 0.29) is 11.4 Å². The molecular formula is C16H24F2N4O2S. The van der Waals surface area contributed by atoms with Crippen LogP contribution in [0, 0.1) is 11.6 Å². The number of hydrogen-bond donors (Lipinski definition) is 1. The number of benzene rings is 1. The molecular weight excluding hydrogens is 350 g/mol. The zero-order valence-electron chi connectivity index (χ0n) is 14.5. The van der Waals surface area contributed by atoms with Crippen molar-refractivity contribution >= 4 is 21.5 Å². The van der Waals surface area contributed by atoms with Crippen LogP contribution in [-0.4, -0.2) is 71.1 Å². The average molecular weight is 374 g/mol. The molecule has 6 nitrogen and oxygen atoms in total. The molecule has 9 heteroatoms. The van der Waals surface area contributed by atoms with Crippen LogP contribution in [0.4, 0.5) is 14.5 Å². The molecule has 1 N–H and O–H groups in total. The third kappa shape index (κ3) is 5.84. The number of piperazine rings is 1. The summed E-state index contributed by atoms with van der Waals surface area (Å²) < 4.78 is 49.5. The minimum absolute atomic E-state index is 0.129. The number of guanidine groups is 1. The van der Waals surface area contributed by atoms with E-state index in [1.165, 1.54) is 12.3 Å². The zero-order valence-corrected chi connectivity index (χ0v) is 15.3. The molecule has 1 heterocycles. The molecule has 0 unspecified atom stereocenters. The molecule has 0 bridgehead atoms. The van der Waals surface area contributed by atoms with Crippen LogP contribution in [0.15, 0.2) is 23.2 Å². The highest BCUT2D eigenvalue weighted by atomic mass is 32.2. The van der Waals surface area contributed by atoms with E-state index in [0.717, 1.165) is 12.1 Å². The number of halogens is 2. The van der Waals surface area contributed by atoms with Crippen molar-refractivity contribution in [2.45, 2.75) is 6.42 Å². The molecule has 140 valence electrons. The van der Waals surface area contributed by atoms with E-state index >= 15 is 0 Å². The third-order valence-electron chi connectivity index (χ3n) is 4.01. The highest BCUT2D eigenvalue weighted by Gasteiger charge is 2.22. The highest BCUT2D eigenvalue weighted by molar-refractivity contribution is 7.90. The molecule has 25 heavy (non-hydrogen) atoms. The van der Waals surface area contributed by atoms with Gasteiger partial charge in [0.1, 0.15) is 21.5 Å². The van der Waals surface area contributed by atoms with Crippen LogP contribution in [-0.2, 0) is 9.84 Å². The standard InChI is InChI=1S/C16H24F2N4O2S/c1-19-16(20-6-3-11-25(2,23)24)22-9-7-21(8-10-22)15-12-13(17)4-5-14(15)18/h4-5,12H,3,6-11H2,1-2H3,(H,19,20). The van der Waals surface area contributed by atoms with Crippen LogP contribution in [0.3, 0.4) is 0 Å². The van der Waals surface area contributed by atoms with Crippen LogP contribution in [0.5, 0.6) is 0 Å². The number of sulfone groups is 1. The molecule has 0 atom stereocenters. The van der Waals surface area contributed by atoms with Gasteiger partial charge in [0.15, 0.2) is 5.96 Å². The van der Waals surface area contributed by atoms with Gasteiger partial charge in [0, 0.05) is 52.1 Å². The Kier molecular flexibility index (Phi) is 6.57. The summed E-state index contributed by atoms with van der Waals surface area (Å²) in [7, 11) is -1.30. The van der Waals surface area contributed by atoms with Gasteiger partial charge in [0.05, 0.1) is 11.4 Å². The number of nitrogens with one attached hydrogen (secondary N) is 1. The maximum absolute atomic E-state index is 13.9. The van der Waals surface area contributed by atoms with Crippen molar-refractivity contribution in [2.24, 2.45) is 4.99 Å². The first-order valence-corrected chi connectivity index (χ1v) is 10.2. The van der Waals surface area contributed by atoms with E-state index < -0.39 is 21.5 Å². The first-order valence-electron chi connectivity index (χ1n) is 8.13. The zero-order chi connectivity index (χ0) is 18.4. The fourth-order valence-corrected chi connectivity index (χ4v) is 3.42. The third-order valence-corrected chi connectivity index (χ3v) is 5.05. The molecule has 1 aromatic carbocycles. The van der Waals surface area contributed by atoms with Gasteiger partial charge in [-0.1, -0.05) is 0 Å². The second kappa shape index (κ2) is 8.46. The predicted octanol–water partition coefficient (Wildman–Crippen LogP) is 1.10. The lowest BCUT2D eigenvalue weighted by molar-refractivity contribution is 0.370. The highest BCUT2D eigenvalue weighted by Crippen LogP contribution is 2.21. The maximum Gasteiger partial charge on any atom is 0.193 e. The summed E-state index contributed by atoms with van der Waals surface area (Å²) in [6.07, 6.45) is 1.72. The summed E-state index contributed by atoms with van der Waals surface area (Å²) in [5.74, 6) is -0.0722. The summed E-state index contributed by atoms with van der Waals surface area (Å²) in [6.45, 7) is 2.83. The van der Waals surface area contributed by atoms with Gasteiger partial charge in [-0.2, -0.15) is 0 Å². The molecule has 0 aliphatic carbocycles. The largest absolute Gasteiger partial charge is 0.366 e. The molecule has 0 radical (unpaired) electrons. The molecule has 0 aromatic heterocycles. The lowest BCUT2D eigenvalue weighted by Gasteiger charge is -2.37. The summed E-state index contributed by atoms with van der Waals surface area (Å²) in [6, 6.07) is 3.46. The van der Waals surface area contributed by atoms with Gasteiger partial charge < -0.3 is 15.1 Å². The van der Waals surface area contributed by atoms with Crippen LogP contribution in [0.1, 0.15) is 6.42 Å². The van der Waals surface area contributed by atoms with E-state index in [0.29, 0.717) is 45.1 Å². The summed E-state index contributed by atoms with van der Waals surface area (Å²) in [5, 5.41) is 3.15. The van der Waals surface area contributed by atoms with Crippen molar-refractivity contribution in [3.05, 3.63) is 29.8 Å². The molecule has 1 aromatic rings. The topological polar surface area (TPSA) is 65.0 Å². The van der Waals surface area contributed by atoms with Crippen molar-refractivity contribution in [3.8, 4) is 0 Å². The number of anilines is 1. The summed E-state index contributed by atoms with van der Waals surface area (Å²) in [5.41, 5.74) is 0.274. The number of hydrogen-bond acceptors (Lipinski definition) is 4. The Morgan fingerprint density at radius 1 is 1.24 bits per heavy atom. The molecule has 0 amide bonds. The average Bonchev–Trinajstić information content (AvgIpc) is 2.56. The molecule has 0 saturated carbocycles. The lowest BCUT2D eigenvalue weighted by atomic mass is 10.2. The molecule has 1 saturated heterocycles. The van der Waals surface area contributed by atoms with Crippen LogP contribution < -0.4 is 10.2 Å². The molecule has 0 spiro atoms. The van der Waals surface area contributed by atoms with Gasteiger partial charge >= 0.3 is 0 Å². The second-order valence-corrected chi connectivity index (χ2v) is 8.29. The van der Waals surface area contributed by atoms with Gasteiger partial charge in [-0.3, -0.25) is 4.99 Å². The SMILES string of the molecule is CN=C(NCCCS(C)(=O)=O)N1CCN(c2cc(F)ccc2F)CC1. The minimum atomic E-state index is -2.97. The van der Waals surface area contributed by atoms with E-state index in [9.17, 15) is 17.2 Å². The normalized spacial score (nSPS) is 16.2.